The molecule has 0 unspecified atom stereocenters. The van der Waals surface area contributed by atoms with E-state index in [0.29, 0.717) is 35.3 Å². The highest BCUT2D eigenvalue weighted by molar-refractivity contribution is 7.89. The highest BCUT2D eigenvalue weighted by Gasteiger charge is 2.29. The number of methoxy groups -OCH3 is 1. The molecule has 140 valence electrons. The summed E-state index contributed by atoms with van der Waals surface area (Å²) in [6.45, 7) is 3.20. The molecule has 1 aromatic heterocycles. The van der Waals surface area contributed by atoms with E-state index < -0.39 is 10.0 Å². The van der Waals surface area contributed by atoms with Crippen LogP contribution in [0.2, 0.25) is 0 Å². The molecule has 1 aliphatic rings. The van der Waals surface area contributed by atoms with Gasteiger partial charge in [-0.05, 0) is 49.1 Å². The normalized spacial score (nSPS) is 16.4. The van der Waals surface area contributed by atoms with E-state index in [1.54, 1.807) is 31.4 Å². The lowest BCUT2D eigenvalue weighted by Crippen LogP contribution is -2.37. The summed E-state index contributed by atoms with van der Waals surface area (Å²) in [6.07, 6.45) is 1.74. The van der Waals surface area contributed by atoms with Crippen molar-refractivity contribution >= 4 is 33.0 Å². The number of nitrogens with zero attached hydrogens (tertiary/aromatic N) is 1. The van der Waals surface area contributed by atoms with E-state index in [1.165, 1.54) is 15.8 Å². The van der Waals surface area contributed by atoms with Crippen LogP contribution in [0.25, 0.3) is 0 Å². The quantitative estimate of drug-likeness (QED) is 0.843. The average molecular weight is 395 g/mol. The summed E-state index contributed by atoms with van der Waals surface area (Å²) in [5.41, 5.74) is 0.624. The van der Waals surface area contributed by atoms with Gasteiger partial charge in [-0.2, -0.15) is 4.31 Å². The molecule has 8 heteroatoms. The van der Waals surface area contributed by atoms with Crippen molar-refractivity contribution in [2.45, 2.75) is 24.7 Å². The molecule has 3 rings (SSSR count). The summed E-state index contributed by atoms with van der Waals surface area (Å²) in [5.74, 6) is 0.923. The summed E-state index contributed by atoms with van der Waals surface area (Å²) in [6, 6.07) is 8.42. The van der Waals surface area contributed by atoms with Gasteiger partial charge < -0.3 is 10.1 Å². The zero-order chi connectivity index (χ0) is 18.7. The Morgan fingerprint density at radius 3 is 2.50 bits per heavy atom. The predicted molar refractivity (Wildman–Crippen MR) is 102 cm³/mol. The Kier molecular flexibility index (Phi) is 5.64. The number of benzene rings is 1. The van der Waals surface area contributed by atoms with Gasteiger partial charge in [0.25, 0.3) is 5.91 Å². The Hall–Kier alpha value is -1.90. The number of carbonyl (C=O) groups excluding carboxylic acids is 1. The zero-order valence-corrected chi connectivity index (χ0v) is 16.4. The molecule has 26 heavy (non-hydrogen) atoms. The summed E-state index contributed by atoms with van der Waals surface area (Å²) in [5, 5.41) is 4.31. The number of carbonyl (C=O) groups is 1. The van der Waals surface area contributed by atoms with Crippen molar-refractivity contribution < 1.29 is 17.9 Å². The number of rotatable bonds is 5. The molecule has 2 heterocycles. The van der Waals surface area contributed by atoms with Crippen LogP contribution in [-0.4, -0.2) is 38.8 Å². The van der Waals surface area contributed by atoms with Crippen LogP contribution < -0.4 is 10.1 Å². The number of nitrogens with one attached hydrogen (secondary N) is 1. The summed E-state index contributed by atoms with van der Waals surface area (Å²) in [7, 11) is -1.96. The van der Waals surface area contributed by atoms with Gasteiger partial charge in [0.1, 0.15) is 5.75 Å². The topological polar surface area (TPSA) is 75.7 Å². The smallest absolute Gasteiger partial charge is 0.265 e. The van der Waals surface area contributed by atoms with E-state index in [4.69, 9.17) is 4.74 Å². The van der Waals surface area contributed by atoms with E-state index in [1.807, 2.05) is 0 Å². The molecule has 0 bridgehead atoms. The molecule has 6 nitrogen and oxygen atoms in total. The largest absolute Gasteiger partial charge is 0.497 e. The Balaban J connectivity index is 1.71. The van der Waals surface area contributed by atoms with Crippen molar-refractivity contribution in [2.75, 3.05) is 25.5 Å². The third kappa shape index (κ3) is 4.08. The van der Waals surface area contributed by atoms with Crippen LogP contribution in [0.4, 0.5) is 5.69 Å². The lowest BCUT2D eigenvalue weighted by atomic mass is 10.0. The van der Waals surface area contributed by atoms with Crippen molar-refractivity contribution in [1.82, 2.24) is 4.31 Å². The van der Waals surface area contributed by atoms with Crippen LogP contribution in [0.15, 0.2) is 40.6 Å². The standard InChI is InChI=1S/C18H22N2O4S2/c1-13-7-9-20(10-8-13)26(22,23)16-11-17(25-12-16)18(21)19-14-3-5-15(24-2)6-4-14/h3-6,11-13H,7-10H2,1-2H3,(H,19,21). The van der Waals surface area contributed by atoms with Gasteiger partial charge >= 0.3 is 0 Å². The lowest BCUT2D eigenvalue weighted by molar-refractivity contribution is 0.103. The Morgan fingerprint density at radius 1 is 1.23 bits per heavy atom. The van der Waals surface area contributed by atoms with Gasteiger partial charge in [-0.1, -0.05) is 6.92 Å². The molecule has 1 aliphatic heterocycles. The second-order valence-electron chi connectivity index (χ2n) is 6.42. The lowest BCUT2D eigenvalue weighted by Gasteiger charge is -2.29. The molecule has 1 fully saturated rings. The predicted octanol–water partition coefficient (Wildman–Crippen LogP) is 3.43. The number of amides is 1. The highest BCUT2D eigenvalue weighted by atomic mass is 32.2. The van der Waals surface area contributed by atoms with E-state index >= 15 is 0 Å². The van der Waals surface area contributed by atoms with E-state index in [2.05, 4.69) is 12.2 Å². The van der Waals surface area contributed by atoms with Crippen LogP contribution in [0, 0.1) is 5.92 Å². The number of sulfonamides is 1. The first kappa shape index (κ1) is 18.9. The first-order valence-electron chi connectivity index (χ1n) is 8.44. The number of hydrogen-bond acceptors (Lipinski definition) is 5. The third-order valence-electron chi connectivity index (χ3n) is 4.53. The van der Waals surface area contributed by atoms with Gasteiger partial charge in [0.05, 0.1) is 16.9 Å². The van der Waals surface area contributed by atoms with E-state index in [0.717, 1.165) is 24.2 Å². The zero-order valence-electron chi connectivity index (χ0n) is 14.8. The van der Waals surface area contributed by atoms with Gasteiger partial charge in [-0.15, -0.1) is 11.3 Å². The molecule has 1 aromatic carbocycles. The second-order valence-corrected chi connectivity index (χ2v) is 9.27. The molecule has 0 spiro atoms. The molecular formula is C18H22N2O4S2. The minimum atomic E-state index is -3.53. The maximum atomic E-state index is 12.7. The molecular weight excluding hydrogens is 372 g/mol. The molecule has 0 atom stereocenters. The third-order valence-corrected chi connectivity index (χ3v) is 7.48. The Bertz CT molecular complexity index is 867. The number of thiophene rings is 1. The monoisotopic (exact) mass is 394 g/mol. The highest BCUT2D eigenvalue weighted by Crippen LogP contribution is 2.27. The molecule has 1 saturated heterocycles. The fourth-order valence-corrected chi connectivity index (χ4v) is 5.44. The first-order chi connectivity index (χ1) is 12.4. The summed E-state index contributed by atoms with van der Waals surface area (Å²) < 4.78 is 32.1. The average Bonchev–Trinajstić information content (AvgIpc) is 3.14. The molecule has 0 saturated carbocycles. The van der Waals surface area contributed by atoms with Crippen LogP contribution in [0.5, 0.6) is 5.75 Å². The molecule has 0 radical (unpaired) electrons. The van der Waals surface area contributed by atoms with Crippen molar-refractivity contribution in [1.29, 1.82) is 0 Å². The van der Waals surface area contributed by atoms with Crippen LogP contribution in [-0.2, 0) is 10.0 Å². The number of anilines is 1. The fraction of sp³-hybridized carbons (Fsp3) is 0.389. The maximum absolute atomic E-state index is 12.7. The molecule has 0 aliphatic carbocycles. The van der Waals surface area contributed by atoms with E-state index in [9.17, 15) is 13.2 Å². The van der Waals surface area contributed by atoms with Crippen molar-refractivity contribution in [2.24, 2.45) is 5.92 Å². The number of ether oxygens (including phenoxy) is 1. The SMILES string of the molecule is COc1ccc(NC(=O)c2cc(S(=O)(=O)N3CCC(C)CC3)cs2)cc1. The molecule has 1 N–H and O–H groups in total. The van der Waals surface area contributed by atoms with Gasteiger partial charge in [0, 0.05) is 24.2 Å². The van der Waals surface area contributed by atoms with Crippen molar-refractivity contribution in [3.8, 4) is 5.75 Å². The van der Waals surface area contributed by atoms with Gasteiger partial charge in [-0.3, -0.25) is 4.79 Å². The number of piperidine rings is 1. The van der Waals surface area contributed by atoms with Crippen LogP contribution in [0.1, 0.15) is 29.4 Å². The van der Waals surface area contributed by atoms with Crippen molar-refractivity contribution in [3.05, 3.63) is 40.6 Å². The fourth-order valence-electron chi connectivity index (χ4n) is 2.81. The van der Waals surface area contributed by atoms with E-state index in [-0.39, 0.29) is 10.8 Å². The van der Waals surface area contributed by atoms with Crippen LogP contribution >= 0.6 is 11.3 Å². The number of hydrogen-bond donors (Lipinski definition) is 1. The van der Waals surface area contributed by atoms with Gasteiger partial charge in [-0.25, -0.2) is 8.42 Å². The Morgan fingerprint density at radius 2 is 1.88 bits per heavy atom. The summed E-state index contributed by atoms with van der Waals surface area (Å²) in [4.78, 5) is 12.9. The molecule has 2 aromatic rings. The molecule has 1 amide bonds. The minimum Gasteiger partial charge on any atom is -0.497 e. The van der Waals surface area contributed by atoms with Crippen molar-refractivity contribution in [3.63, 3.8) is 0 Å². The first-order valence-corrected chi connectivity index (χ1v) is 10.8. The van der Waals surface area contributed by atoms with Gasteiger partial charge in [0.2, 0.25) is 10.0 Å². The van der Waals surface area contributed by atoms with Crippen LogP contribution in [0.3, 0.4) is 0 Å². The second kappa shape index (κ2) is 7.77. The van der Waals surface area contributed by atoms with Gasteiger partial charge in [0.15, 0.2) is 0 Å². The minimum absolute atomic E-state index is 0.192. The maximum Gasteiger partial charge on any atom is 0.265 e. The summed E-state index contributed by atoms with van der Waals surface area (Å²) >= 11 is 1.13. The Labute approximate surface area is 157 Å².